The van der Waals surface area contributed by atoms with Gasteiger partial charge < -0.3 is 15.4 Å². The van der Waals surface area contributed by atoms with Gasteiger partial charge in [-0.2, -0.15) is 0 Å². The number of methoxy groups -OCH3 is 1. The number of nitrogens with one attached hydrogen (secondary N) is 2. The van der Waals surface area contributed by atoms with E-state index in [0.29, 0.717) is 29.2 Å². The summed E-state index contributed by atoms with van der Waals surface area (Å²) in [5, 5.41) is 5.53. The zero-order valence-electron chi connectivity index (χ0n) is 19.7. The fourth-order valence-electron chi connectivity index (χ4n) is 3.37. The molecule has 3 rings (SSSR count). The molecule has 2 amide bonds. The van der Waals surface area contributed by atoms with Gasteiger partial charge in [-0.3, -0.25) is 13.9 Å². The van der Waals surface area contributed by atoms with Crippen LogP contribution in [0.2, 0.25) is 0 Å². The van der Waals surface area contributed by atoms with Crippen LogP contribution in [0.4, 0.5) is 11.4 Å². The van der Waals surface area contributed by atoms with E-state index in [1.54, 1.807) is 66.7 Å². The van der Waals surface area contributed by atoms with Crippen LogP contribution in [0.25, 0.3) is 0 Å². The number of carbonyl (C=O) groups is 2. The van der Waals surface area contributed by atoms with Crippen molar-refractivity contribution < 1.29 is 22.7 Å². The molecule has 184 valence electrons. The third-order valence-electron chi connectivity index (χ3n) is 5.24. The van der Waals surface area contributed by atoms with Gasteiger partial charge in [0.2, 0.25) is 5.91 Å². The van der Waals surface area contributed by atoms with Gasteiger partial charge in [0.15, 0.2) is 0 Å². The fraction of sp³-hybridized carbons (Fsp3) is 0.231. The highest BCUT2D eigenvalue weighted by Gasteiger charge is 2.27. The molecule has 9 heteroatoms. The van der Waals surface area contributed by atoms with Crippen molar-refractivity contribution in [1.29, 1.82) is 0 Å². The third kappa shape index (κ3) is 6.60. The Morgan fingerprint density at radius 1 is 0.914 bits per heavy atom. The van der Waals surface area contributed by atoms with Crippen molar-refractivity contribution in [3.05, 3.63) is 84.4 Å². The number of anilines is 2. The standard InChI is InChI=1S/C26H29N3O5S/c1-3-4-18-27-26(31)23-12-8-9-13-24(23)28-25(30)19-29(20-14-16-21(34-2)17-15-20)35(32,33)22-10-6-5-7-11-22/h5-17H,3-4,18-19H2,1-2H3,(H,27,31)(H,28,30). The highest BCUT2D eigenvalue weighted by Crippen LogP contribution is 2.26. The zero-order valence-corrected chi connectivity index (χ0v) is 20.5. The molecule has 0 spiro atoms. The summed E-state index contributed by atoms with van der Waals surface area (Å²) in [5.74, 6) is -0.342. The first kappa shape index (κ1) is 25.8. The monoisotopic (exact) mass is 495 g/mol. The van der Waals surface area contributed by atoms with E-state index in [9.17, 15) is 18.0 Å². The molecule has 0 atom stereocenters. The van der Waals surface area contributed by atoms with Gasteiger partial charge in [0.1, 0.15) is 12.3 Å². The molecule has 0 unspecified atom stereocenters. The van der Waals surface area contributed by atoms with E-state index < -0.39 is 22.5 Å². The largest absolute Gasteiger partial charge is 0.497 e. The summed E-state index contributed by atoms with van der Waals surface area (Å²) in [5.41, 5.74) is 0.910. The molecular formula is C26H29N3O5S. The van der Waals surface area contributed by atoms with E-state index in [2.05, 4.69) is 10.6 Å². The normalized spacial score (nSPS) is 10.9. The van der Waals surface area contributed by atoms with Crippen molar-refractivity contribution in [2.24, 2.45) is 0 Å². The number of benzene rings is 3. The van der Waals surface area contributed by atoms with Crippen molar-refractivity contribution in [1.82, 2.24) is 5.32 Å². The van der Waals surface area contributed by atoms with Crippen molar-refractivity contribution in [3.8, 4) is 5.75 Å². The Bertz CT molecular complexity index is 1250. The number of sulfonamides is 1. The molecule has 0 radical (unpaired) electrons. The van der Waals surface area contributed by atoms with Crippen LogP contribution in [0.15, 0.2) is 83.8 Å². The first-order valence-corrected chi connectivity index (χ1v) is 12.7. The van der Waals surface area contributed by atoms with E-state index in [-0.39, 0.29) is 10.8 Å². The number of para-hydroxylation sites is 1. The Labute approximate surface area is 206 Å². The van der Waals surface area contributed by atoms with Gasteiger partial charge in [0, 0.05) is 6.54 Å². The zero-order chi connectivity index (χ0) is 25.3. The van der Waals surface area contributed by atoms with E-state index in [4.69, 9.17) is 4.74 Å². The minimum atomic E-state index is -4.05. The summed E-state index contributed by atoms with van der Waals surface area (Å²) >= 11 is 0. The first-order valence-electron chi connectivity index (χ1n) is 11.3. The SMILES string of the molecule is CCCCNC(=O)c1ccccc1NC(=O)CN(c1ccc(OC)cc1)S(=O)(=O)c1ccccc1. The summed E-state index contributed by atoms with van der Waals surface area (Å²) in [6, 6.07) is 20.9. The van der Waals surface area contributed by atoms with Crippen molar-refractivity contribution in [2.45, 2.75) is 24.7 Å². The Morgan fingerprint density at radius 3 is 2.23 bits per heavy atom. The molecule has 3 aromatic carbocycles. The molecule has 0 saturated heterocycles. The van der Waals surface area contributed by atoms with Crippen molar-refractivity contribution in [2.75, 3.05) is 29.8 Å². The van der Waals surface area contributed by atoms with Gasteiger partial charge in [-0.1, -0.05) is 43.7 Å². The lowest BCUT2D eigenvalue weighted by atomic mass is 10.1. The van der Waals surface area contributed by atoms with Gasteiger partial charge in [0.25, 0.3) is 15.9 Å². The number of hydrogen-bond acceptors (Lipinski definition) is 5. The predicted molar refractivity (Wildman–Crippen MR) is 136 cm³/mol. The second kappa shape index (κ2) is 12.0. The molecule has 0 aliphatic carbocycles. The number of rotatable bonds is 11. The summed E-state index contributed by atoms with van der Waals surface area (Å²) < 4.78 is 33.1. The molecule has 0 aliphatic heterocycles. The van der Waals surface area contributed by atoms with Crippen molar-refractivity contribution >= 4 is 33.2 Å². The van der Waals surface area contributed by atoms with Gasteiger partial charge in [-0.25, -0.2) is 8.42 Å². The maximum absolute atomic E-state index is 13.4. The predicted octanol–water partition coefficient (Wildman–Crippen LogP) is 4.06. The summed E-state index contributed by atoms with van der Waals surface area (Å²) in [6.45, 7) is 2.06. The van der Waals surface area contributed by atoms with Gasteiger partial charge in [-0.15, -0.1) is 0 Å². The topological polar surface area (TPSA) is 105 Å². The highest BCUT2D eigenvalue weighted by atomic mass is 32.2. The number of carbonyl (C=O) groups excluding carboxylic acids is 2. The fourth-order valence-corrected chi connectivity index (χ4v) is 4.81. The number of ether oxygens (including phenoxy) is 1. The summed E-state index contributed by atoms with van der Waals surface area (Å²) in [7, 11) is -2.54. The lowest BCUT2D eigenvalue weighted by Crippen LogP contribution is -2.38. The highest BCUT2D eigenvalue weighted by molar-refractivity contribution is 7.92. The maximum atomic E-state index is 13.4. The van der Waals surface area contributed by atoms with Crippen molar-refractivity contribution in [3.63, 3.8) is 0 Å². The van der Waals surface area contributed by atoms with E-state index in [0.717, 1.165) is 17.1 Å². The molecule has 35 heavy (non-hydrogen) atoms. The van der Waals surface area contributed by atoms with E-state index >= 15 is 0 Å². The van der Waals surface area contributed by atoms with Crippen LogP contribution in [-0.4, -0.2) is 40.4 Å². The Morgan fingerprint density at radius 2 is 1.57 bits per heavy atom. The molecule has 0 heterocycles. The lowest BCUT2D eigenvalue weighted by molar-refractivity contribution is -0.114. The maximum Gasteiger partial charge on any atom is 0.264 e. The second-order valence-electron chi connectivity index (χ2n) is 7.73. The van der Waals surface area contributed by atoms with E-state index in [1.165, 1.54) is 19.2 Å². The Balaban J connectivity index is 1.87. The number of hydrogen-bond donors (Lipinski definition) is 2. The Kier molecular flexibility index (Phi) is 8.86. The van der Waals surface area contributed by atoms with Crippen LogP contribution in [0.3, 0.4) is 0 Å². The van der Waals surface area contributed by atoms with Crippen LogP contribution in [0.1, 0.15) is 30.1 Å². The third-order valence-corrected chi connectivity index (χ3v) is 7.03. The van der Waals surface area contributed by atoms with Gasteiger partial charge in [-0.05, 0) is 55.0 Å². The van der Waals surface area contributed by atoms with Gasteiger partial charge in [0.05, 0.1) is 28.9 Å². The molecular weight excluding hydrogens is 466 g/mol. The van der Waals surface area contributed by atoms with Crippen LogP contribution in [-0.2, 0) is 14.8 Å². The Hall–Kier alpha value is -3.85. The van der Waals surface area contributed by atoms with Crippen LogP contribution in [0.5, 0.6) is 5.75 Å². The van der Waals surface area contributed by atoms with Crippen LogP contribution >= 0.6 is 0 Å². The average Bonchev–Trinajstić information content (AvgIpc) is 2.88. The lowest BCUT2D eigenvalue weighted by Gasteiger charge is -2.24. The molecule has 2 N–H and O–H groups in total. The molecule has 8 nitrogen and oxygen atoms in total. The molecule has 0 fully saturated rings. The first-order chi connectivity index (χ1) is 16.9. The molecule has 0 aliphatic rings. The van der Waals surface area contributed by atoms with Crippen LogP contribution in [0, 0.1) is 0 Å². The quantitative estimate of drug-likeness (QED) is 0.391. The summed E-state index contributed by atoms with van der Waals surface area (Å²) in [4.78, 5) is 25.7. The number of amides is 2. The molecule has 0 aromatic heterocycles. The van der Waals surface area contributed by atoms with Crippen LogP contribution < -0.4 is 19.7 Å². The number of nitrogens with zero attached hydrogens (tertiary/aromatic N) is 1. The van der Waals surface area contributed by atoms with Gasteiger partial charge >= 0.3 is 0 Å². The molecule has 0 saturated carbocycles. The molecule has 0 bridgehead atoms. The minimum Gasteiger partial charge on any atom is -0.497 e. The summed E-state index contributed by atoms with van der Waals surface area (Å²) in [6.07, 6.45) is 1.78. The molecule has 3 aromatic rings. The second-order valence-corrected chi connectivity index (χ2v) is 9.59. The average molecular weight is 496 g/mol. The smallest absolute Gasteiger partial charge is 0.264 e. The van der Waals surface area contributed by atoms with E-state index in [1.807, 2.05) is 6.92 Å². The minimum absolute atomic E-state index is 0.0549. The number of unbranched alkanes of at least 4 members (excludes halogenated alkanes) is 1.